The summed E-state index contributed by atoms with van der Waals surface area (Å²) >= 11 is 0. The molecule has 0 aliphatic carbocycles. The van der Waals surface area contributed by atoms with E-state index in [1.165, 1.54) is 17.2 Å². The maximum Gasteiger partial charge on any atom is 0.252 e. The highest BCUT2D eigenvalue weighted by atomic mass is 16.5. The van der Waals surface area contributed by atoms with Crippen molar-refractivity contribution in [1.29, 1.82) is 0 Å². The molecule has 3 rings (SSSR count). The minimum atomic E-state index is -0.217. The zero-order valence-corrected chi connectivity index (χ0v) is 19.2. The second-order valence-corrected chi connectivity index (χ2v) is 7.90. The Labute approximate surface area is 188 Å². The van der Waals surface area contributed by atoms with Gasteiger partial charge in [0.15, 0.2) is 11.5 Å². The predicted molar refractivity (Wildman–Crippen MR) is 128 cm³/mol. The van der Waals surface area contributed by atoms with Gasteiger partial charge in [-0.3, -0.25) is 9.78 Å². The molecule has 7 heteroatoms. The highest BCUT2D eigenvalue weighted by molar-refractivity contribution is 5.81. The minimum Gasteiger partial charge on any atom is -0.490 e. The van der Waals surface area contributed by atoms with E-state index in [1.807, 2.05) is 39.0 Å². The molecule has 0 fully saturated rings. The Hall–Kier alpha value is -3.61. The molecule has 0 saturated carbocycles. The maximum absolute atomic E-state index is 11.8. The lowest BCUT2D eigenvalue weighted by molar-refractivity contribution is 0.269. The summed E-state index contributed by atoms with van der Waals surface area (Å²) in [4.78, 5) is 18.8. The molecule has 168 valence electrons. The molecule has 7 nitrogen and oxygen atoms in total. The molecule has 0 bridgehead atoms. The van der Waals surface area contributed by atoms with E-state index in [0.717, 1.165) is 11.1 Å². The SMILES string of the molecule is CCOc1cc(/C=N\Nc2nc(C(C)C)cc(=O)[nH]2)ccc1OCc1cc(C)ccc1C. The monoisotopic (exact) mass is 434 g/mol. The van der Waals surface area contributed by atoms with Crippen LogP contribution in [0.1, 0.15) is 54.6 Å². The van der Waals surface area contributed by atoms with Gasteiger partial charge in [0.25, 0.3) is 5.56 Å². The average Bonchev–Trinajstić information content (AvgIpc) is 2.75. The molecule has 2 N–H and O–H groups in total. The minimum absolute atomic E-state index is 0.145. The first-order valence-electron chi connectivity index (χ1n) is 10.7. The molecule has 1 aromatic heterocycles. The van der Waals surface area contributed by atoms with Crippen LogP contribution in [0.3, 0.4) is 0 Å². The maximum atomic E-state index is 11.8. The standard InChI is InChI=1S/C25H30N4O3/c1-6-31-23-12-19(14-26-29-25-27-21(16(2)3)13-24(30)28-25)9-10-22(23)32-15-20-11-17(4)7-8-18(20)5/h7-14,16H,6,15H2,1-5H3,(H2,27,28,29,30)/b26-14-. The van der Waals surface area contributed by atoms with Gasteiger partial charge < -0.3 is 9.47 Å². The van der Waals surface area contributed by atoms with E-state index in [-0.39, 0.29) is 11.5 Å². The number of H-pyrrole nitrogens is 1. The molecule has 0 amide bonds. The third-order valence-electron chi connectivity index (χ3n) is 4.89. The third kappa shape index (κ3) is 6.20. The number of nitrogens with one attached hydrogen (secondary N) is 2. The molecule has 0 spiro atoms. The van der Waals surface area contributed by atoms with Crippen molar-refractivity contribution in [3.63, 3.8) is 0 Å². The van der Waals surface area contributed by atoms with Crippen molar-refractivity contribution in [3.05, 3.63) is 80.8 Å². The van der Waals surface area contributed by atoms with E-state index in [1.54, 1.807) is 6.21 Å². The van der Waals surface area contributed by atoms with Gasteiger partial charge in [0, 0.05) is 6.07 Å². The molecule has 0 saturated heterocycles. The van der Waals surface area contributed by atoms with E-state index in [2.05, 4.69) is 52.5 Å². The van der Waals surface area contributed by atoms with Gasteiger partial charge in [0.2, 0.25) is 5.95 Å². The summed E-state index contributed by atoms with van der Waals surface area (Å²) in [5.74, 6) is 1.77. The Balaban J connectivity index is 1.72. The summed E-state index contributed by atoms with van der Waals surface area (Å²) in [6.45, 7) is 11.0. The van der Waals surface area contributed by atoms with Crippen LogP contribution >= 0.6 is 0 Å². The van der Waals surface area contributed by atoms with Crippen molar-refractivity contribution in [2.24, 2.45) is 5.10 Å². The first kappa shape index (κ1) is 23.1. The lowest BCUT2D eigenvalue weighted by atomic mass is 10.1. The number of hydrazone groups is 1. The van der Waals surface area contributed by atoms with Gasteiger partial charge in [0.1, 0.15) is 6.61 Å². The topological polar surface area (TPSA) is 88.6 Å². The molecule has 1 heterocycles. The number of aryl methyl sites for hydroxylation is 2. The molecule has 3 aromatic rings. The molecule has 0 aliphatic heterocycles. The van der Waals surface area contributed by atoms with Gasteiger partial charge in [-0.1, -0.05) is 37.6 Å². The molecular formula is C25H30N4O3. The molecule has 0 radical (unpaired) electrons. The Morgan fingerprint density at radius 3 is 2.66 bits per heavy atom. The largest absolute Gasteiger partial charge is 0.490 e. The van der Waals surface area contributed by atoms with E-state index in [4.69, 9.17) is 9.47 Å². The number of ether oxygens (including phenoxy) is 2. The lowest BCUT2D eigenvalue weighted by Crippen LogP contribution is -2.12. The van der Waals surface area contributed by atoms with Crippen LogP contribution in [-0.4, -0.2) is 22.8 Å². The number of aromatic nitrogens is 2. The number of aromatic amines is 1. The molecule has 0 atom stereocenters. The normalized spacial score (nSPS) is 11.2. The van der Waals surface area contributed by atoms with Crippen LogP contribution in [0.15, 0.2) is 52.4 Å². The zero-order valence-electron chi connectivity index (χ0n) is 19.2. The Kier molecular flexibility index (Phi) is 7.65. The number of benzene rings is 2. The van der Waals surface area contributed by atoms with Crippen LogP contribution in [0.25, 0.3) is 0 Å². The number of nitrogens with zero attached hydrogens (tertiary/aromatic N) is 2. The van der Waals surface area contributed by atoms with Crippen molar-refractivity contribution in [2.45, 2.75) is 47.1 Å². The highest BCUT2D eigenvalue weighted by Gasteiger charge is 2.08. The van der Waals surface area contributed by atoms with E-state index < -0.39 is 0 Å². The first-order valence-corrected chi connectivity index (χ1v) is 10.7. The number of rotatable bonds is 9. The summed E-state index contributed by atoms with van der Waals surface area (Å²) in [6, 6.07) is 13.5. The van der Waals surface area contributed by atoms with Crippen molar-refractivity contribution >= 4 is 12.2 Å². The Morgan fingerprint density at radius 1 is 1.09 bits per heavy atom. The molecule has 0 aliphatic rings. The summed E-state index contributed by atoms with van der Waals surface area (Å²) < 4.78 is 11.8. The van der Waals surface area contributed by atoms with Gasteiger partial charge in [-0.05, 0) is 61.6 Å². The average molecular weight is 435 g/mol. The van der Waals surface area contributed by atoms with E-state index in [9.17, 15) is 4.79 Å². The predicted octanol–water partition coefficient (Wildman–Crippen LogP) is 4.93. The number of hydrogen-bond acceptors (Lipinski definition) is 6. The Morgan fingerprint density at radius 2 is 1.91 bits per heavy atom. The van der Waals surface area contributed by atoms with Crippen LogP contribution < -0.4 is 20.5 Å². The van der Waals surface area contributed by atoms with Crippen LogP contribution in [0.5, 0.6) is 11.5 Å². The lowest BCUT2D eigenvalue weighted by Gasteiger charge is -2.14. The van der Waals surface area contributed by atoms with Crippen molar-refractivity contribution in [2.75, 3.05) is 12.0 Å². The van der Waals surface area contributed by atoms with Crippen LogP contribution in [-0.2, 0) is 6.61 Å². The smallest absolute Gasteiger partial charge is 0.252 e. The zero-order chi connectivity index (χ0) is 23.1. The second kappa shape index (κ2) is 10.6. The quantitative estimate of drug-likeness (QED) is 0.368. The summed E-state index contributed by atoms with van der Waals surface area (Å²) in [5.41, 5.74) is 7.63. The summed E-state index contributed by atoms with van der Waals surface area (Å²) in [6.07, 6.45) is 1.64. The van der Waals surface area contributed by atoms with Gasteiger partial charge in [-0.2, -0.15) is 5.10 Å². The number of hydrogen-bond donors (Lipinski definition) is 2. The molecule has 2 aromatic carbocycles. The van der Waals surface area contributed by atoms with Gasteiger partial charge >= 0.3 is 0 Å². The first-order chi connectivity index (χ1) is 15.4. The van der Waals surface area contributed by atoms with Gasteiger partial charge in [0.05, 0.1) is 18.5 Å². The van der Waals surface area contributed by atoms with Crippen molar-refractivity contribution < 1.29 is 9.47 Å². The fraction of sp³-hybridized carbons (Fsp3) is 0.320. The van der Waals surface area contributed by atoms with E-state index >= 15 is 0 Å². The molecule has 32 heavy (non-hydrogen) atoms. The van der Waals surface area contributed by atoms with Crippen molar-refractivity contribution in [1.82, 2.24) is 9.97 Å². The second-order valence-electron chi connectivity index (χ2n) is 7.90. The molecule has 0 unspecified atom stereocenters. The van der Waals surface area contributed by atoms with Crippen LogP contribution in [0, 0.1) is 13.8 Å². The summed E-state index contributed by atoms with van der Waals surface area (Å²) in [5, 5.41) is 4.20. The Bertz CT molecular complexity index is 1150. The van der Waals surface area contributed by atoms with Gasteiger partial charge in [-0.15, -0.1) is 0 Å². The number of anilines is 1. The van der Waals surface area contributed by atoms with Crippen molar-refractivity contribution in [3.8, 4) is 11.5 Å². The highest BCUT2D eigenvalue weighted by Crippen LogP contribution is 2.29. The summed E-state index contributed by atoms with van der Waals surface area (Å²) in [7, 11) is 0. The van der Waals surface area contributed by atoms with Crippen LogP contribution in [0.2, 0.25) is 0 Å². The molecular weight excluding hydrogens is 404 g/mol. The fourth-order valence-electron chi connectivity index (χ4n) is 3.10. The fourth-order valence-corrected chi connectivity index (χ4v) is 3.10. The third-order valence-corrected chi connectivity index (χ3v) is 4.89. The van der Waals surface area contributed by atoms with Crippen LogP contribution in [0.4, 0.5) is 5.95 Å². The van der Waals surface area contributed by atoms with Gasteiger partial charge in [-0.25, -0.2) is 10.4 Å². The van der Waals surface area contributed by atoms with E-state index in [0.29, 0.717) is 36.4 Å².